The van der Waals surface area contributed by atoms with Crippen LogP contribution in [-0.4, -0.2) is 10.2 Å². The molecule has 1 aromatic carbocycles. The molecule has 2 aromatic rings. The number of rotatable bonds is 2. The molecule has 0 atom stereocenters. The van der Waals surface area contributed by atoms with Gasteiger partial charge in [-0.05, 0) is 12.1 Å². The normalized spacial score (nSPS) is 13.2. The van der Waals surface area contributed by atoms with Crippen LogP contribution in [0.4, 0.5) is 5.82 Å². The molecule has 0 radical (unpaired) electrons. The Kier molecular flexibility index (Phi) is 1.26. The van der Waals surface area contributed by atoms with Crippen LogP contribution < -0.4 is 5.72 Å². The molecule has 3 N–H and O–H groups in total. The molecule has 0 unspecified atom stereocenters. The first-order chi connectivity index (χ1) is 7.58. The summed E-state index contributed by atoms with van der Waals surface area (Å²) in [4.78, 5) is 0. The fraction of sp³-hybridized carbons (Fsp3) is 0. The third kappa shape index (κ3) is 1.65. The number of nitrogens with one attached hydrogen (secondary N) is 1. The number of hydrogen-bond acceptors (Lipinski definition) is 2. The summed E-state index contributed by atoms with van der Waals surface area (Å²) in [6.07, 6.45) is 0. The molecule has 0 saturated heterocycles. The molecule has 0 aliphatic rings. The zero-order valence-corrected chi connectivity index (χ0v) is 7.36. The van der Waals surface area contributed by atoms with Gasteiger partial charge in [0.2, 0.25) is 0 Å². The molecule has 0 aliphatic carbocycles. The van der Waals surface area contributed by atoms with E-state index in [1.807, 2.05) is 0 Å². The van der Waals surface area contributed by atoms with Crippen LogP contribution in [0.25, 0.3) is 11.3 Å². The molecule has 0 spiro atoms. The van der Waals surface area contributed by atoms with Gasteiger partial charge in [-0.1, -0.05) is 23.7 Å². The van der Waals surface area contributed by atoms with Crippen LogP contribution in [0.15, 0.2) is 30.3 Å². The number of hydrogen-bond donors (Lipinski definition) is 2. The van der Waals surface area contributed by atoms with Gasteiger partial charge in [-0.15, -0.1) is 0 Å². The van der Waals surface area contributed by atoms with Crippen molar-refractivity contribution in [1.82, 2.24) is 10.2 Å². The minimum Gasteiger partial charge on any atom is -0.384 e. The Labute approximate surface area is 84.9 Å². The van der Waals surface area contributed by atoms with Crippen LogP contribution in [0.5, 0.6) is 0 Å². The molecule has 66 valence electrons. The van der Waals surface area contributed by atoms with Gasteiger partial charge in [-0.25, -0.2) is 0 Å². The topological polar surface area (TPSA) is 54.7 Å². The molecule has 0 bridgehead atoms. The molecule has 3 nitrogen and oxygen atoms in total. The highest BCUT2D eigenvalue weighted by Gasteiger charge is 2.01. The summed E-state index contributed by atoms with van der Waals surface area (Å²) in [6, 6.07) is 8.52. The molecular weight excluding hydrogens is 186 g/mol. The predicted molar refractivity (Wildman–Crippen MR) is 53.4 cm³/mol. The molecule has 0 saturated carbocycles. The smallest absolute Gasteiger partial charge is 0.192 e. The molecule has 13 heavy (non-hydrogen) atoms. The van der Waals surface area contributed by atoms with Gasteiger partial charge in [-0.3, -0.25) is 5.09 Å². The second kappa shape index (κ2) is 3.11. The molecule has 2 rings (SSSR count). The average molecular weight is 197 g/mol. The van der Waals surface area contributed by atoms with Gasteiger partial charge in [-0.2, -0.15) is 5.10 Å². The lowest BCUT2D eigenvalue weighted by Crippen LogP contribution is -1.81. The third-order valence-corrected chi connectivity index (χ3v) is 1.88. The monoisotopic (exact) mass is 196 g/mol. The van der Waals surface area contributed by atoms with Crippen LogP contribution in [0.1, 0.15) is 0 Å². The van der Waals surface area contributed by atoms with Crippen LogP contribution in [0, 0.1) is 0 Å². The summed E-state index contributed by atoms with van der Waals surface area (Å²) >= 11 is 5.84. The predicted octanol–water partition coefficient (Wildman–Crippen LogP) is 2.31. The number of anilines is 1. The number of H-pyrrole nitrogens is 1. The zero-order chi connectivity index (χ0) is 11.7. The van der Waals surface area contributed by atoms with Gasteiger partial charge in [0.1, 0.15) is 5.82 Å². The van der Waals surface area contributed by atoms with E-state index in [1.165, 1.54) is 6.07 Å². The zero-order valence-electron chi connectivity index (χ0n) is 9.61. The van der Waals surface area contributed by atoms with E-state index in [1.54, 1.807) is 24.3 Å². The third-order valence-electron chi connectivity index (χ3n) is 1.65. The molecule has 0 aliphatic heterocycles. The van der Waals surface area contributed by atoms with E-state index in [0.717, 1.165) is 10.7 Å². The summed E-state index contributed by atoms with van der Waals surface area (Å²) in [6.45, 7) is 0. The summed E-state index contributed by atoms with van der Waals surface area (Å²) in [5.74, 6) is 0.0648. The fourth-order valence-corrected chi connectivity index (χ4v) is 1.26. The van der Waals surface area contributed by atoms with E-state index in [-0.39, 0.29) is 5.82 Å². The molecule has 1 aromatic heterocycles. The first-order valence-corrected chi connectivity index (χ1v) is 4.09. The standard InChI is InChI=1S/C9H8ClN3/c10-7-3-1-2-6(4-7)8-5-9(11)13-12-8/h1-5H,(H3,11,12,13)/i/hD3. The van der Waals surface area contributed by atoms with Crippen LogP contribution >= 0.6 is 11.6 Å². The van der Waals surface area contributed by atoms with Gasteiger partial charge in [0.05, 0.1) is 5.69 Å². The molecule has 1 heterocycles. The van der Waals surface area contributed by atoms with E-state index < -0.39 is 0 Å². The summed E-state index contributed by atoms with van der Waals surface area (Å²) < 4.78 is 21.6. The molecule has 0 fully saturated rings. The van der Waals surface area contributed by atoms with E-state index in [9.17, 15) is 0 Å². The minimum absolute atomic E-state index is 0.0648. The highest BCUT2D eigenvalue weighted by atomic mass is 35.5. The Morgan fingerprint density at radius 1 is 1.54 bits per heavy atom. The molecular formula is C9H8ClN3. The average Bonchev–Trinajstić information content (AvgIpc) is 2.60. The number of benzene rings is 1. The van der Waals surface area contributed by atoms with Crippen LogP contribution in [0.2, 0.25) is 9.26 Å². The molecule has 4 heteroatoms. The van der Waals surface area contributed by atoms with Gasteiger partial charge >= 0.3 is 0 Å². The summed E-state index contributed by atoms with van der Waals surface area (Å²) in [5, 5.41) is 5.19. The highest BCUT2D eigenvalue weighted by molar-refractivity contribution is 6.30. The van der Waals surface area contributed by atoms with E-state index in [4.69, 9.17) is 15.8 Å². The Morgan fingerprint density at radius 2 is 2.46 bits per heavy atom. The van der Waals surface area contributed by atoms with Crippen molar-refractivity contribution in [1.29, 1.82) is 0 Å². The Morgan fingerprint density at radius 3 is 3.15 bits per heavy atom. The minimum atomic E-state index is 0.0648. The number of halogens is 1. The Hall–Kier alpha value is -1.48. The summed E-state index contributed by atoms with van der Waals surface area (Å²) in [7, 11) is 0. The summed E-state index contributed by atoms with van der Waals surface area (Å²) in [5.41, 5.74) is 1.60. The number of nitrogens with two attached hydrogens (primary N) is 1. The largest absolute Gasteiger partial charge is 0.384 e. The van der Waals surface area contributed by atoms with Crippen molar-refractivity contribution in [3.05, 3.63) is 35.4 Å². The van der Waals surface area contributed by atoms with Crippen molar-refractivity contribution in [2.45, 2.75) is 0 Å². The maximum Gasteiger partial charge on any atom is 0.192 e. The van der Waals surface area contributed by atoms with E-state index >= 15 is 0 Å². The lowest BCUT2D eigenvalue weighted by molar-refractivity contribution is 1.10. The molecule has 0 amide bonds. The second-order valence-electron chi connectivity index (χ2n) is 2.60. The van der Waals surface area contributed by atoms with Gasteiger partial charge in [0.15, 0.2) is 4.24 Å². The number of nitrogen functional groups attached to an aromatic ring is 1. The van der Waals surface area contributed by atoms with Crippen LogP contribution in [0.3, 0.4) is 0 Å². The van der Waals surface area contributed by atoms with Crippen molar-refractivity contribution < 1.29 is 4.24 Å². The van der Waals surface area contributed by atoms with E-state index in [0.29, 0.717) is 16.4 Å². The fourth-order valence-electron chi connectivity index (χ4n) is 1.07. The number of nitrogens with zero attached hydrogens (tertiary/aromatic N) is 1. The van der Waals surface area contributed by atoms with E-state index in [2.05, 4.69) is 5.10 Å². The maximum atomic E-state index is 7.42. The second-order valence-corrected chi connectivity index (χ2v) is 3.03. The first-order valence-electron chi connectivity index (χ1n) is 5.05. The Balaban J connectivity index is 2.45. The lowest BCUT2D eigenvalue weighted by Gasteiger charge is -1.95. The van der Waals surface area contributed by atoms with Crippen molar-refractivity contribution >= 4 is 17.4 Å². The van der Waals surface area contributed by atoms with Crippen molar-refractivity contribution in [2.24, 2.45) is 0 Å². The van der Waals surface area contributed by atoms with Crippen molar-refractivity contribution in [3.63, 3.8) is 0 Å². The van der Waals surface area contributed by atoms with Gasteiger partial charge in [0.25, 0.3) is 0 Å². The maximum absolute atomic E-state index is 7.42. The van der Waals surface area contributed by atoms with Gasteiger partial charge < -0.3 is 5.72 Å². The van der Waals surface area contributed by atoms with Gasteiger partial charge in [0, 0.05) is 16.7 Å². The quantitative estimate of drug-likeness (QED) is 0.775. The number of aromatic amines is 1. The lowest BCUT2D eigenvalue weighted by atomic mass is 10.1. The SMILES string of the molecule is [2H]N([2H])c1cc(-c2cccc(Cl)c2)nn1[2H]. The number of aromatic nitrogens is 2. The van der Waals surface area contributed by atoms with Crippen LogP contribution in [-0.2, 0) is 0 Å². The van der Waals surface area contributed by atoms with Crippen molar-refractivity contribution in [2.75, 3.05) is 5.72 Å². The highest BCUT2D eigenvalue weighted by Crippen LogP contribution is 2.21. The Bertz CT molecular complexity index is 512. The first kappa shape index (κ1) is 5.29. The van der Waals surface area contributed by atoms with Crippen molar-refractivity contribution in [3.8, 4) is 11.3 Å².